The van der Waals surface area contributed by atoms with Gasteiger partial charge in [-0.05, 0) is 36.6 Å². The highest BCUT2D eigenvalue weighted by Gasteiger charge is 2.48. The molecule has 1 aromatic carbocycles. The van der Waals surface area contributed by atoms with Gasteiger partial charge in [0.1, 0.15) is 23.8 Å². The summed E-state index contributed by atoms with van der Waals surface area (Å²) < 4.78 is 11.9. The number of rotatable bonds is 3. The molecule has 0 saturated heterocycles. The standard InChI is InChI=1S/C23H22N2O6/c1-4-11-7-14(30-3)8-12-6-13-9-25-19(18(13)24-17(11)12)20(26)16-15(21(25)27)10-31-22(28)23(16,29)5-2/h6-8,26,29H,4-5,9-10H2,1-3H3/t23-/m0/s1. The number of aliphatic hydroxyl groups is 1. The van der Waals surface area contributed by atoms with Crippen molar-refractivity contribution in [2.45, 2.75) is 45.4 Å². The maximum atomic E-state index is 13.3. The van der Waals surface area contributed by atoms with E-state index in [0.717, 1.165) is 34.2 Å². The number of fused-ring (bicyclic) bond motifs is 5. The van der Waals surface area contributed by atoms with Crippen LogP contribution in [0.1, 0.15) is 42.5 Å². The number of hydrogen-bond acceptors (Lipinski definition) is 7. The highest BCUT2D eigenvalue weighted by molar-refractivity contribution is 5.90. The maximum Gasteiger partial charge on any atom is 0.343 e. The number of aryl methyl sites for hydroxylation is 1. The molecule has 5 rings (SSSR count). The van der Waals surface area contributed by atoms with Crippen molar-refractivity contribution in [3.63, 3.8) is 0 Å². The molecule has 2 aromatic heterocycles. The van der Waals surface area contributed by atoms with Crippen LogP contribution in [-0.4, -0.2) is 32.8 Å². The summed E-state index contributed by atoms with van der Waals surface area (Å²) in [4.78, 5) is 30.4. The van der Waals surface area contributed by atoms with Gasteiger partial charge in [-0.1, -0.05) is 13.8 Å². The van der Waals surface area contributed by atoms with Crippen molar-refractivity contribution in [2.24, 2.45) is 0 Å². The SMILES string of the molecule is CCc1cc(OC)cc2cc3c(nc12)-c1c(O)c2c(c(=O)n1C3)COC(=O)[C@]2(O)CC. The average Bonchev–Trinajstić information content (AvgIpc) is 3.15. The molecular formula is C23H22N2O6. The van der Waals surface area contributed by atoms with Gasteiger partial charge in [-0.2, -0.15) is 0 Å². The number of cyclic esters (lactones) is 1. The molecule has 0 saturated carbocycles. The van der Waals surface area contributed by atoms with Crippen LogP contribution in [0.15, 0.2) is 23.0 Å². The number of benzene rings is 1. The molecule has 0 aliphatic carbocycles. The Hall–Kier alpha value is -3.39. The first-order valence-corrected chi connectivity index (χ1v) is 10.2. The Morgan fingerprint density at radius 3 is 2.71 bits per heavy atom. The highest BCUT2D eigenvalue weighted by atomic mass is 16.6. The maximum absolute atomic E-state index is 13.3. The third-order valence-electron chi connectivity index (χ3n) is 6.37. The number of carbonyl (C=O) groups is 1. The fourth-order valence-electron chi connectivity index (χ4n) is 4.67. The van der Waals surface area contributed by atoms with Gasteiger partial charge in [-0.15, -0.1) is 0 Å². The lowest BCUT2D eigenvalue weighted by atomic mass is 9.85. The third-order valence-corrected chi connectivity index (χ3v) is 6.37. The number of hydrogen-bond donors (Lipinski definition) is 2. The van der Waals surface area contributed by atoms with E-state index >= 15 is 0 Å². The Morgan fingerprint density at radius 1 is 1.26 bits per heavy atom. The van der Waals surface area contributed by atoms with Crippen LogP contribution in [0.3, 0.4) is 0 Å². The first-order valence-electron chi connectivity index (χ1n) is 10.2. The Morgan fingerprint density at radius 2 is 2.03 bits per heavy atom. The van der Waals surface area contributed by atoms with E-state index in [-0.39, 0.29) is 42.1 Å². The number of methoxy groups -OCH3 is 1. The quantitative estimate of drug-likeness (QED) is 0.488. The lowest BCUT2D eigenvalue weighted by Crippen LogP contribution is -2.44. The van der Waals surface area contributed by atoms with E-state index in [9.17, 15) is 19.8 Å². The van der Waals surface area contributed by atoms with Crippen LogP contribution < -0.4 is 10.3 Å². The summed E-state index contributed by atoms with van der Waals surface area (Å²) in [6.45, 7) is 3.56. The van der Waals surface area contributed by atoms with E-state index in [0.29, 0.717) is 5.69 Å². The van der Waals surface area contributed by atoms with Gasteiger partial charge in [0.05, 0.1) is 36.0 Å². The zero-order valence-electron chi connectivity index (χ0n) is 17.5. The van der Waals surface area contributed by atoms with Crippen molar-refractivity contribution in [1.82, 2.24) is 9.55 Å². The minimum Gasteiger partial charge on any atom is -0.505 e. The second kappa shape index (κ2) is 6.55. The van der Waals surface area contributed by atoms with E-state index in [4.69, 9.17) is 14.5 Å². The van der Waals surface area contributed by atoms with Gasteiger partial charge in [0.15, 0.2) is 5.60 Å². The molecule has 0 spiro atoms. The molecule has 1 atom stereocenters. The number of nitrogens with zero attached hydrogens (tertiary/aromatic N) is 2. The minimum absolute atomic E-state index is 0.0347. The van der Waals surface area contributed by atoms with E-state index < -0.39 is 17.1 Å². The topological polar surface area (TPSA) is 111 Å². The molecule has 3 aromatic rings. The van der Waals surface area contributed by atoms with Gasteiger partial charge in [0.25, 0.3) is 5.56 Å². The number of carbonyl (C=O) groups excluding carboxylic acids is 1. The van der Waals surface area contributed by atoms with Crippen molar-refractivity contribution in [3.8, 4) is 22.9 Å². The summed E-state index contributed by atoms with van der Waals surface area (Å²) in [5.74, 6) is -0.444. The summed E-state index contributed by atoms with van der Waals surface area (Å²) in [5.41, 5.74) is 0.744. The Balaban J connectivity index is 1.84. The summed E-state index contributed by atoms with van der Waals surface area (Å²) in [7, 11) is 1.61. The average molecular weight is 422 g/mol. The molecule has 2 aliphatic heterocycles. The van der Waals surface area contributed by atoms with Gasteiger partial charge in [-0.3, -0.25) is 9.36 Å². The summed E-state index contributed by atoms with van der Waals surface area (Å²) >= 11 is 0. The molecule has 0 unspecified atom stereocenters. The fraction of sp³-hybridized carbons (Fsp3) is 0.348. The van der Waals surface area contributed by atoms with Crippen LogP contribution in [0.25, 0.3) is 22.3 Å². The predicted octanol–water partition coefficient (Wildman–Crippen LogP) is 2.36. The van der Waals surface area contributed by atoms with Gasteiger partial charge in [0, 0.05) is 10.9 Å². The molecule has 160 valence electrons. The Labute approximate surface area is 177 Å². The van der Waals surface area contributed by atoms with Crippen LogP contribution in [0.5, 0.6) is 11.5 Å². The van der Waals surface area contributed by atoms with E-state index in [1.165, 1.54) is 4.57 Å². The van der Waals surface area contributed by atoms with Crippen molar-refractivity contribution >= 4 is 16.9 Å². The molecule has 8 nitrogen and oxygen atoms in total. The van der Waals surface area contributed by atoms with E-state index in [1.54, 1.807) is 14.0 Å². The van der Waals surface area contributed by atoms with Crippen molar-refractivity contribution in [3.05, 3.63) is 50.8 Å². The molecule has 2 N–H and O–H groups in total. The summed E-state index contributed by atoms with van der Waals surface area (Å²) in [6.07, 6.45) is 0.691. The zero-order chi connectivity index (χ0) is 22.1. The van der Waals surface area contributed by atoms with Gasteiger partial charge < -0.3 is 19.7 Å². The van der Waals surface area contributed by atoms with E-state index in [2.05, 4.69) is 0 Å². The molecule has 0 fully saturated rings. The molecule has 0 radical (unpaired) electrons. The molecule has 8 heteroatoms. The molecular weight excluding hydrogens is 400 g/mol. The van der Waals surface area contributed by atoms with Crippen LogP contribution in [0.4, 0.5) is 0 Å². The smallest absolute Gasteiger partial charge is 0.343 e. The minimum atomic E-state index is -2.08. The van der Waals surface area contributed by atoms with Crippen molar-refractivity contribution in [1.29, 1.82) is 0 Å². The summed E-state index contributed by atoms with van der Waals surface area (Å²) in [5, 5.41) is 23.1. The van der Waals surface area contributed by atoms with Crippen LogP contribution in [0, 0.1) is 0 Å². The lowest BCUT2D eigenvalue weighted by Gasteiger charge is -2.32. The third kappa shape index (κ3) is 2.48. The Bertz CT molecular complexity index is 1340. The highest BCUT2D eigenvalue weighted by Crippen LogP contribution is 2.46. The molecule has 0 amide bonds. The normalized spacial score (nSPS) is 19.0. The van der Waals surface area contributed by atoms with Gasteiger partial charge >= 0.3 is 5.97 Å². The number of aromatic nitrogens is 2. The summed E-state index contributed by atoms with van der Waals surface area (Å²) in [6, 6.07) is 5.75. The van der Waals surface area contributed by atoms with Gasteiger partial charge in [-0.25, -0.2) is 9.78 Å². The van der Waals surface area contributed by atoms with Crippen molar-refractivity contribution in [2.75, 3.05) is 7.11 Å². The monoisotopic (exact) mass is 422 g/mol. The van der Waals surface area contributed by atoms with Crippen LogP contribution >= 0.6 is 0 Å². The number of aromatic hydroxyl groups is 1. The Kier molecular flexibility index (Phi) is 4.14. The number of ether oxygens (including phenoxy) is 2. The molecule has 4 heterocycles. The lowest BCUT2D eigenvalue weighted by molar-refractivity contribution is -0.172. The molecule has 0 bridgehead atoms. The van der Waals surface area contributed by atoms with Gasteiger partial charge in [0.2, 0.25) is 0 Å². The number of pyridine rings is 2. The fourth-order valence-corrected chi connectivity index (χ4v) is 4.67. The van der Waals surface area contributed by atoms with Crippen molar-refractivity contribution < 1.29 is 24.5 Å². The molecule has 2 aliphatic rings. The predicted molar refractivity (Wildman–Crippen MR) is 112 cm³/mol. The largest absolute Gasteiger partial charge is 0.505 e. The van der Waals surface area contributed by atoms with Crippen LogP contribution in [-0.2, 0) is 34.7 Å². The number of esters is 1. The second-order valence-electron chi connectivity index (χ2n) is 7.94. The molecule has 31 heavy (non-hydrogen) atoms. The first-order chi connectivity index (χ1) is 14.8. The first kappa shape index (κ1) is 19.6. The van der Waals surface area contributed by atoms with Crippen LogP contribution in [0.2, 0.25) is 0 Å². The second-order valence-corrected chi connectivity index (χ2v) is 7.94. The van der Waals surface area contributed by atoms with E-state index in [1.807, 2.05) is 25.1 Å². The zero-order valence-corrected chi connectivity index (χ0v) is 17.5.